The second-order valence-corrected chi connectivity index (χ2v) is 7.77. The third-order valence-electron chi connectivity index (χ3n) is 4.82. The molecule has 0 N–H and O–H groups in total. The van der Waals surface area contributed by atoms with Crippen LogP contribution in [0.25, 0.3) is 0 Å². The van der Waals surface area contributed by atoms with Crippen molar-refractivity contribution in [1.29, 1.82) is 0 Å². The van der Waals surface area contributed by atoms with Crippen molar-refractivity contribution >= 4 is 5.78 Å². The van der Waals surface area contributed by atoms with Crippen LogP contribution in [-0.2, 0) is 4.79 Å². The molecule has 17 heavy (non-hydrogen) atoms. The van der Waals surface area contributed by atoms with Gasteiger partial charge in [-0.2, -0.15) is 0 Å². The molecule has 4 atom stereocenters. The van der Waals surface area contributed by atoms with Gasteiger partial charge >= 0.3 is 0 Å². The van der Waals surface area contributed by atoms with Crippen molar-refractivity contribution in [2.24, 2.45) is 29.1 Å². The number of rotatable bonds is 1. The first kappa shape index (κ1) is 13.1. The molecule has 0 aromatic carbocycles. The molecule has 2 fully saturated rings. The highest BCUT2D eigenvalue weighted by Crippen LogP contribution is 2.45. The van der Waals surface area contributed by atoms with Crippen molar-refractivity contribution in [3.05, 3.63) is 0 Å². The van der Waals surface area contributed by atoms with Crippen molar-refractivity contribution in [2.75, 3.05) is 0 Å². The van der Waals surface area contributed by atoms with Gasteiger partial charge in [0.25, 0.3) is 0 Å². The molecule has 0 amide bonds. The lowest BCUT2D eigenvalue weighted by atomic mass is 9.63. The lowest BCUT2D eigenvalue weighted by Gasteiger charge is -2.42. The Balaban J connectivity index is 1.93. The van der Waals surface area contributed by atoms with Gasteiger partial charge in [-0.05, 0) is 48.9 Å². The molecule has 1 heteroatoms. The van der Waals surface area contributed by atoms with E-state index in [0.717, 1.165) is 24.2 Å². The molecular formula is C16H28O. The zero-order valence-corrected chi connectivity index (χ0v) is 12.0. The minimum absolute atomic E-state index is 0.338. The van der Waals surface area contributed by atoms with Crippen LogP contribution in [-0.4, -0.2) is 5.78 Å². The summed E-state index contributed by atoms with van der Waals surface area (Å²) in [6.07, 6.45) is 7.47. The maximum Gasteiger partial charge on any atom is 0.135 e. The average molecular weight is 236 g/mol. The number of ketones is 1. The molecule has 98 valence electrons. The molecule has 2 aliphatic rings. The van der Waals surface area contributed by atoms with Crippen molar-refractivity contribution in [3.8, 4) is 0 Å². The molecular weight excluding hydrogens is 208 g/mol. The predicted molar refractivity (Wildman–Crippen MR) is 71.8 cm³/mol. The van der Waals surface area contributed by atoms with Crippen molar-refractivity contribution in [1.82, 2.24) is 0 Å². The summed E-state index contributed by atoms with van der Waals surface area (Å²) in [6.45, 7) is 9.19. The van der Waals surface area contributed by atoms with Crippen LogP contribution < -0.4 is 0 Å². The average Bonchev–Trinajstić information content (AvgIpc) is 2.18. The van der Waals surface area contributed by atoms with Gasteiger partial charge in [-0.3, -0.25) is 4.79 Å². The van der Waals surface area contributed by atoms with Gasteiger partial charge in [-0.1, -0.05) is 34.1 Å². The van der Waals surface area contributed by atoms with Crippen LogP contribution in [0.15, 0.2) is 0 Å². The summed E-state index contributed by atoms with van der Waals surface area (Å²) >= 11 is 0. The summed E-state index contributed by atoms with van der Waals surface area (Å²) < 4.78 is 0. The molecule has 0 spiro atoms. The number of fused-ring (bicyclic) bond motifs is 1. The van der Waals surface area contributed by atoms with Gasteiger partial charge in [-0.25, -0.2) is 0 Å². The van der Waals surface area contributed by atoms with Crippen molar-refractivity contribution in [2.45, 2.75) is 66.2 Å². The first-order valence-electron chi connectivity index (χ1n) is 7.38. The van der Waals surface area contributed by atoms with E-state index in [9.17, 15) is 4.79 Å². The van der Waals surface area contributed by atoms with Gasteiger partial charge in [0.1, 0.15) is 5.78 Å². The van der Waals surface area contributed by atoms with E-state index in [0.29, 0.717) is 17.1 Å². The second-order valence-electron chi connectivity index (χ2n) is 7.77. The third-order valence-corrected chi connectivity index (χ3v) is 4.82. The summed E-state index contributed by atoms with van der Waals surface area (Å²) in [7, 11) is 0. The Labute approximate surface area is 106 Å². The molecule has 0 heterocycles. The van der Waals surface area contributed by atoms with Gasteiger partial charge in [0.05, 0.1) is 0 Å². The highest BCUT2D eigenvalue weighted by molar-refractivity contribution is 5.81. The van der Waals surface area contributed by atoms with Crippen LogP contribution in [0.1, 0.15) is 66.2 Å². The van der Waals surface area contributed by atoms with E-state index in [-0.39, 0.29) is 0 Å². The lowest BCUT2D eigenvalue weighted by Crippen LogP contribution is -2.36. The Kier molecular flexibility index (Phi) is 3.66. The number of Topliss-reactive ketones (excluding diaryl/α,β-unsaturated/α-hetero) is 1. The largest absolute Gasteiger partial charge is 0.299 e. The molecule has 2 saturated carbocycles. The zero-order chi connectivity index (χ0) is 12.6. The van der Waals surface area contributed by atoms with E-state index in [2.05, 4.69) is 27.7 Å². The van der Waals surface area contributed by atoms with E-state index < -0.39 is 0 Å². The fraction of sp³-hybridized carbons (Fsp3) is 0.938. The topological polar surface area (TPSA) is 17.1 Å². The minimum Gasteiger partial charge on any atom is -0.299 e. The fourth-order valence-corrected chi connectivity index (χ4v) is 4.08. The molecule has 0 bridgehead atoms. The Morgan fingerprint density at radius 2 is 1.82 bits per heavy atom. The second kappa shape index (κ2) is 4.74. The van der Waals surface area contributed by atoms with Crippen LogP contribution >= 0.6 is 0 Å². The van der Waals surface area contributed by atoms with Crippen molar-refractivity contribution in [3.63, 3.8) is 0 Å². The first-order valence-corrected chi connectivity index (χ1v) is 7.38. The van der Waals surface area contributed by atoms with Crippen LogP contribution in [0.3, 0.4) is 0 Å². The Morgan fingerprint density at radius 3 is 2.47 bits per heavy atom. The zero-order valence-electron chi connectivity index (χ0n) is 12.0. The lowest BCUT2D eigenvalue weighted by molar-refractivity contribution is -0.128. The van der Waals surface area contributed by atoms with Gasteiger partial charge in [0.2, 0.25) is 0 Å². The van der Waals surface area contributed by atoms with Crippen LogP contribution in [0.2, 0.25) is 0 Å². The minimum atomic E-state index is 0.338. The van der Waals surface area contributed by atoms with Crippen LogP contribution in [0.4, 0.5) is 0 Å². The summed E-state index contributed by atoms with van der Waals surface area (Å²) in [5.41, 5.74) is 0.466. The van der Waals surface area contributed by atoms with Crippen LogP contribution in [0.5, 0.6) is 0 Å². The molecule has 2 rings (SSSR count). The van der Waals surface area contributed by atoms with Crippen molar-refractivity contribution < 1.29 is 4.79 Å². The predicted octanol–water partition coefficient (Wildman–Crippen LogP) is 4.45. The SMILES string of the molecule is C[C@@H]1CC2C[C@@H](CC(C)(C)C)CCC2CC1=O. The summed E-state index contributed by atoms with van der Waals surface area (Å²) in [5.74, 6) is 3.36. The van der Waals surface area contributed by atoms with E-state index in [4.69, 9.17) is 0 Å². The number of hydrogen-bond acceptors (Lipinski definition) is 1. The summed E-state index contributed by atoms with van der Waals surface area (Å²) in [6, 6.07) is 0. The van der Waals surface area contributed by atoms with Gasteiger partial charge in [0.15, 0.2) is 0 Å². The Hall–Kier alpha value is -0.330. The Bertz CT molecular complexity index is 286. The highest BCUT2D eigenvalue weighted by Gasteiger charge is 2.38. The normalized spacial score (nSPS) is 38.9. The monoisotopic (exact) mass is 236 g/mol. The molecule has 1 nitrogen and oxygen atoms in total. The highest BCUT2D eigenvalue weighted by atomic mass is 16.1. The molecule has 0 aromatic rings. The third kappa shape index (κ3) is 3.33. The molecule has 0 radical (unpaired) electrons. The molecule has 2 unspecified atom stereocenters. The molecule has 0 aromatic heterocycles. The van der Waals surface area contributed by atoms with Gasteiger partial charge in [0, 0.05) is 12.3 Å². The number of carbonyl (C=O) groups excluding carboxylic acids is 1. The van der Waals surface area contributed by atoms with Gasteiger partial charge < -0.3 is 0 Å². The van der Waals surface area contributed by atoms with Gasteiger partial charge in [-0.15, -0.1) is 0 Å². The maximum absolute atomic E-state index is 11.8. The summed E-state index contributed by atoms with van der Waals surface area (Å²) in [5, 5.41) is 0. The number of hydrogen-bond donors (Lipinski definition) is 0. The van der Waals surface area contributed by atoms with E-state index in [1.165, 1.54) is 32.1 Å². The van der Waals surface area contributed by atoms with Crippen LogP contribution in [0, 0.1) is 29.1 Å². The molecule has 2 aliphatic carbocycles. The fourth-order valence-electron chi connectivity index (χ4n) is 4.08. The molecule has 0 aliphatic heterocycles. The number of carbonyl (C=O) groups is 1. The standard InChI is InChI=1S/C16H28O/c1-11-7-14-8-12(10-16(2,3)4)5-6-13(14)9-15(11)17/h11-14H,5-10H2,1-4H3/t11-,12+,13?,14?/m1/s1. The quantitative estimate of drug-likeness (QED) is 0.657. The van der Waals surface area contributed by atoms with E-state index >= 15 is 0 Å². The van der Waals surface area contributed by atoms with E-state index in [1.54, 1.807) is 0 Å². The first-order chi connectivity index (χ1) is 7.85. The smallest absolute Gasteiger partial charge is 0.135 e. The Morgan fingerprint density at radius 1 is 1.12 bits per heavy atom. The molecule has 0 saturated heterocycles. The summed E-state index contributed by atoms with van der Waals surface area (Å²) in [4.78, 5) is 11.8. The van der Waals surface area contributed by atoms with E-state index in [1.807, 2.05) is 0 Å². The maximum atomic E-state index is 11.8.